The number of aliphatic imine (C=N–C) groups is 1. The lowest BCUT2D eigenvalue weighted by Crippen LogP contribution is -2.51. The quantitative estimate of drug-likeness (QED) is 0.0926. The third-order valence-electron chi connectivity index (χ3n) is 10.1. The second kappa shape index (κ2) is 14.9. The van der Waals surface area contributed by atoms with Crippen molar-refractivity contribution >= 4 is 25.4 Å². The highest BCUT2D eigenvalue weighted by Crippen LogP contribution is 2.45. The molecule has 0 radical (unpaired) electrons. The van der Waals surface area contributed by atoms with E-state index in [4.69, 9.17) is 14.3 Å². The minimum Gasteiger partial charge on any atom is -0.542 e. The van der Waals surface area contributed by atoms with Crippen molar-refractivity contribution in [2.45, 2.75) is 97.7 Å². The van der Waals surface area contributed by atoms with E-state index in [9.17, 15) is 0 Å². The predicted octanol–water partition coefficient (Wildman–Crippen LogP) is 11.3. The first-order valence-corrected chi connectivity index (χ1v) is 19.4. The fourth-order valence-electron chi connectivity index (χ4n) is 7.95. The summed E-state index contributed by atoms with van der Waals surface area (Å²) in [4.78, 5) is 10.6. The van der Waals surface area contributed by atoms with Gasteiger partial charge in [-0.15, -0.1) is 0 Å². The van der Waals surface area contributed by atoms with Crippen LogP contribution in [0.3, 0.4) is 0 Å². The molecule has 4 nitrogen and oxygen atoms in total. The maximum absolute atomic E-state index is 7.33. The molecule has 1 aliphatic carbocycles. The molecule has 0 aromatic heterocycles. The minimum absolute atomic E-state index is 0.486. The number of hydrogen-bond donors (Lipinski definition) is 0. The molecule has 0 fully saturated rings. The van der Waals surface area contributed by atoms with Gasteiger partial charge in [0.2, 0.25) is 0 Å². The zero-order valence-corrected chi connectivity index (χ0v) is 30.9. The van der Waals surface area contributed by atoms with Crippen LogP contribution in [0.1, 0.15) is 98.9 Å². The molecule has 0 amide bonds. The van der Waals surface area contributed by atoms with Gasteiger partial charge in [-0.3, -0.25) is 0 Å². The van der Waals surface area contributed by atoms with Crippen molar-refractivity contribution in [2.75, 3.05) is 7.11 Å². The van der Waals surface area contributed by atoms with E-state index in [-0.39, 0.29) is 0 Å². The van der Waals surface area contributed by atoms with Crippen LogP contribution in [0.15, 0.2) is 95.1 Å². The first-order valence-electron chi connectivity index (χ1n) is 17.3. The summed E-state index contributed by atoms with van der Waals surface area (Å²) in [5, 5.41) is 4.56. The Morgan fingerprint density at radius 1 is 0.745 bits per heavy atom. The summed E-state index contributed by atoms with van der Waals surface area (Å²) in [6, 6.07) is 30.0. The Morgan fingerprint density at radius 2 is 1.30 bits per heavy atom. The Hall–Kier alpha value is -3.96. The van der Waals surface area contributed by atoms with Gasteiger partial charge in [0.25, 0.3) is 8.32 Å². The molecule has 0 spiro atoms. The van der Waals surface area contributed by atoms with Crippen molar-refractivity contribution in [3.05, 3.63) is 129 Å². The molecular weight excluding hydrogens is 593 g/mol. The van der Waals surface area contributed by atoms with E-state index >= 15 is 0 Å². The van der Waals surface area contributed by atoms with Gasteiger partial charge < -0.3 is 9.26 Å². The van der Waals surface area contributed by atoms with E-state index in [1.54, 1.807) is 7.11 Å². The SMILES string of the molecule is CO/N=C1\CCCc2c(Cc3c(C)cc(N=C(c4ccccc4)c4ccccc4)cc3C)ccc(O[Si](C(C)C)(C(C)C)C(C)C)c21. The van der Waals surface area contributed by atoms with Crippen molar-refractivity contribution in [3.63, 3.8) is 0 Å². The Balaban J connectivity index is 1.57. The number of fused-ring (bicyclic) bond motifs is 1. The average molecular weight is 645 g/mol. The van der Waals surface area contributed by atoms with Gasteiger partial charge in [0.05, 0.1) is 17.1 Å². The zero-order valence-electron chi connectivity index (χ0n) is 29.9. The molecule has 0 unspecified atom stereocenters. The van der Waals surface area contributed by atoms with Crippen LogP contribution >= 0.6 is 0 Å². The number of hydrogen-bond acceptors (Lipinski definition) is 4. The molecule has 5 heteroatoms. The molecule has 1 aliphatic rings. The highest BCUT2D eigenvalue weighted by Gasteiger charge is 2.47. The minimum atomic E-state index is -2.17. The number of aryl methyl sites for hydroxylation is 2. The Labute approximate surface area is 284 Å². The first-order chi connectivity index (χ1) is 22.6. The smallest absolute Gasteiger partial charge is 0.258 e. The molecule has 0 atom stereocenters. The number of benzene rings is 4. The molecule has 0 aliphatic heterocycles. The summed E-state index contributed by atoms with van der Waals surface area (Å²) in [5.74, 6) is 0.995. The van der Waals surface area contributed by atoms with Crippen LogP contribution in [0.4, 0.5) is 5.69 Å². The third kappa shape index (κ3) is 7.16. The van der Waals surface area contributed by atoms with Crippen LogP contribution in [0, 0.1) is 13.8 Å². The van der Waals surface area contributed by atoms with Gasteiger partial charge in [-0.05, 0) is 102 Å². The van der Waals surface area contributed by atoms with Crippen molar-refractivity contribution in [2.24, 2.45) is 10.1 Å². The van der Waals surface area contributed by atoms with Crippen LogP contribution in [0.25, 0.3) is 0 Å². The van der Waals surface area contributed by atoms with Crippen LogP contribution in [-0.2, 0) is 17.7 Å². The zero-order chi connectivity index (χ0) is 33.7. The first kappa shape index (κ1) is 34.4. The molecule has 5 rings (SSSR count). The van der Waals surface area contributed by atoms with E-state index in [1.165, 1.54) is 33.4 Å². The Bertz CT molecular complexity index is 1650. The topological polar surface area (TPSA) is 43.2 Å². The lowest BCUT2D eigenvalue weighted by atomic mass is 9.83. The van der Waals surface area contributed by atoms with E-state index in [0.717, 1.165) is 59.7 Å². The third-order valence-corrected chi connectivity index (χ3v) is 16.1. The van der Waals surface area contributed by atoms with Crippen LogP contribution in [-0.4, -0.2) is 26.9 Å². The van der Waals surface area contributed by atoms with E-state index in [0.29, 0.717) is 16.6 Å². The van der Waals surface area contributed by atoms with Gasteiger partial charge in [0.15, 0.2) is 0 Å². The molecule has 47 heavy (non-hydrogen) atoms. The monoisotopic (exact) mass is 644 g/mol. The van der Waals surface area contributed by atoms with E-state index in [1.807, 2.05) is 12.1 Å². The molecule has 4 aromatic rings. The molecular formula is C42H52N2O2Si. The second-order valence-corrected chi connectivity index (χ2v) is 19.4. The van der Waals surface area contributed by atoms with Gasteiger partial charge in [-0.25, -0.2) is 4.99 Å². The fraction of sp³-hybridized carbons (Fsp3) is 0.381. The molecule has 246 valence electrons. The van der Waals surface area contributed by atoms with Crippen molar-refractivity contribution in [1.29, 1.82) is 0 Å². The lowest BCUT2D eigenvalue weighted by Gasteiger charge is -2.43. The molecule has 0 bridgehead atoms. The molecule has 0 saturated heterocycles. The van der Waals surface area contributed by atoms with Crippen LogP contribution < -0.4 is 4.43 Å². The largest absolute Gasteiger partial charge is 0.542 e. The molecule has 0 N–H and O–H groups in total. The average Bonchev–Trinajstić information content (AvgIpc) is 3.05. The number of oxime groups is 1. The predicted molar refractivity (Wildman–Crippen MR) is 202 cm³/mol. The fourth-order valence-corrected chi connectivity index (χ4v) is 13.2. The summed E-state index contributed by atoms with van der Waals surface area (Å²) in [7, 11) is -0.515. The Morgan fingerprint density at radius 3 is 1.81 bits per heavy atom. The lowest BCUT2D eigenvalue weighted by molar-refractivity contribution is 0.212. The van der Waals surface area contributed by atoms with E-state index < -0.39 is 8.32 Å². The normalized spacial score (nSPS) is 14.1. The molecule has 4 aromatic carbocycles. The molecule has 0 saturated carbocycles. The van der Waals surface area contributed by atoms with Crippen molar-refractivity contribution in [1.82, 2.24) is 0 Å². The summed E-state index contributed by atoms with van der Waals surface area (Å²) in [6.07, 6.45) is 3.83. The van der Waals surface area contributed by atoms with Gasteiger partial charge in [0.1, 0.15) is 12.9 Å². The van der Waals surface area contributed by atoms with Gasteiger partial charge in [-0.2, -0.15) is 0 Å². The van der Waals surface area contributed by atoms with Gasteiger partial charge >= 0.3 is 0 Å². The summed E-state index contributed by atoms with van der Waals surface area (Å²) in [6.45, 7) is 18.5. The maximum atomic E-state index is 7.33. The number of rotatable bonds is 11. The van der Waals surface area contributed by atoms with Gasteiger partial charge in [0, 0.05) is 16.7 Å². The van der Waals surface area contributed by atoms with Crippen molar-refractivity contribution in [3.8, 4) is 5.75 Å². The Kier molecular flexibility index (Phi) is 10.9. The van der Waals surface area contributed by atoms with Crippen LogP contribution in [0.5, 0.6) is 5.75 Å². The highest BCUT2D eigenvalue weighted by molar-refractivity contribution is 6.78. The van der Waals surface area contributed by atoms with Gasteiger partial charge in [-0.1, -0.05) is 113 Å². The van der Waals surface area contributed by atoms with Crippen LogP contribution in [0.2, 0.25) is 16.6 Å². The second-order valence-electron chi connectivity index (χ2n) is 14.0. The van der Waals surface area contributed by atoms with Crippen molar-refractivity contribution < 1.29 is 9.26 Å². The number of nitrogens with zero attached hydrogens (tertiary/aromatic N) is 2. The maximum Gasteiger partial charge on any atom is 0.258 e. The summed E-state index contributed by atoms with van der Waals surface area (Å²) >= 11 is 0. The van der Waals surface area contributed by atoms with E-state index in [2.05, 4.69) is 133 Å². The standard InChI is InChI=1S/C42H52N2O2Si/c1-28(2)47(29(3)4,30(5)6)46-40-24-23-35(37-21-16-22-39(41(37)40)44-45-9)27-38-31(7)25-36(26-32(38)8)43-42(33-17-12-10-13-18-33)34-19-14-11-15-20-34/h10-15,17-20,23-26,28-30H,16,21-22,27H2,1-9H3/b44-39+. The highest BCUT2D eigenvalue weighted by atomic mass is 28.4. The molecule has 0 heterocycles. The summed E-state index contributed by atoms with van der Waals surface area (Å²) in [5.41, 5.74) is 14.4. The summed E-state index contributed by atoms with van der Waals surface area (Å²) < 4.78 is 7.33.